The predicted molar refractivity (Wildman–Crippen MR) is 87.4 cm³/mol. The Bertz CT molecular complexity index is 682. The molecule has 1 aliphatic carbocycles. The largest absolute Gasteiger partial charge is 0.0619 e. The predicted octanol–water partition coefficient (Wildman–Crippen LogP) is 5.60. The van der Waals surface area contributed by atoms with Gasteiger partial charge in [-0.05, 0) is 45.7 Å². The van der Waals surface area contributed by atoms with Crippen LogP contribution in [-0.2, 0) is 10.8 Å². The van der Waals surface area contributed by atoms with Gasteiger partial charge in [0.25, 0.3) is 0 Å². The van der Waals surface area contributed by atoms with Crippen LogP contribution in [0.3, 0.4) is 0 Å². The van der Waals surface area contributed by atoms with E-state index in [0.29, 0.717) is 0 Å². The minimum absolute atomic E-state index is 0.118. The first-order valence-electron chi connectivity index (χ1n) is 7.48. The molecule has 0 nitrogen and oxygen atoms in total. The standard InChI is InChI=1S/C20H24/c1-13-11-18-15(12-17(13)19(2,3)4)14-9-7-8-10-16(14)20(18,5)6/h7-12H,1-6H3. The fourth-order valence-corrected chi connectivity index (χ4v) is 3.66. The van der Waals surface area contributed by atoms with Crippen LogP contribution in [0, 0.1) is 6.92 Å². The van der Waals surface area contributed by atoms with Gasteiger partial charge in [-0.15, -0.1) is 0 Å². The Labute approximate surface area is 122 Å². The zero-order valence-electron chi connectivity index (χ0n) is 13.5. The number of rotatable bonds is 0. The van der Waals surface area contributed by atoms with Crippen molar-refractivity contribution in [1.29, 1.82) is 0 Å². The maximum Gasteiger partial charge on any atom is 0.0158 e. The molecule has 0 unspecified atom stereocenters. The Morgan fingerprint density at radius 1 is 0.850 bits per heavy atom. The van der Waals surface area contributed by atoms with Gasteiger partial charge in [-0.3, -0.25) is 0 Å². The quantitative estimate of drug-likeness (QED) is 0.581. The Hall–Kier alpha value is -1.56. The Morgan fingerprint density at radius 3 is 2.15 bits per heavy atom. The molecule has 0 N–H and O–H groups in total. The third kappa shape index (κ3) is 1.74. The normalized spacial score (nSPS) is 15.9. The van der Waals surface area contributed by atoms with E-state index in [1.54, 1.807) is 0 Å². The first-order chi connectivity index (χ1) is 9.23. The molecule has 0 spiro atoms. The summed E-state index contributed by atoms with van der Waals surface area (Å²) in [5, 5.41) is 0. The molecule has 2 aromatic rings. The zero-order chi connectivity index (χ0) is 14.7. The molecule has 20 heavy (non-hydrogen) atoms. The molecule has 0 fully saturated rings. The highest BCUT2D eigenvalue weighted by Gasteiger charge is 2.36. The van der Waals surface area contributed by atoms with Crippen molar-refractivity contribution in [3.8, 4) is 11.1 Å². The minimum Gasteiger partial charge on any atom is -0.0619 e. The lowest BCUT2D eigenvalue weighted by Gasteiger charge is -2.26. The van der Waals surface area contributed by atoms with Crippen LogP contribution in [0.2, 0.25) is 0 Å². The van der Waals surface area contributed by atoms with Gasteiger partial charge in [-0.1, -0.05) is 71.0 Å². The molecule has 0 heteroatoms. The molecule has 0 bridgehead atoms. The lowest BCUT2D eigenvalue weighted by Crippen LogP contribution is -2.17. The van der Waals surface area contributed by atoms with E-state index < -0.39 is 0 Å². The molecule has 104 valence electrons. The fraction of sp³-hybridized carbons (Fsp3) is 0.400. The van der Waals surface area contributed by atoms with Crippen LogP contribution in [0.5, 0.6) is 0 Å². The molecular weight excluding hydrogens is 240 g/mol. The van der Waals surface area contributed by atoms with E-state index in [2.05, 4.69) is 77.9 Å². The third-order valence-corrected chi connectivity index (χ3v) is 4.74. The van der Waals surface area contributed by atoms with E-state index in [0.717, 1.165) is 0 Å². The van der Waals surface area contributed by atoms with Gasteiger partial charge in [0.05, 0.1) is 0 Å². The van der Waals surface area contributed by atoms with Crippen LogP contribution in [0.25, 0.3) is 11.1 Å². The van der Waals surface area contributed by atoms with Crippen molar-refractivity contribution in [3.05, 3.63) is 58.7 Å². The van der Waals surface area contributed by atoms with Gasteiger partial charge in [0.15, 0.2) is 0 Å². The summed E-state index contributed by atoms with van der Waals surface area (Å²) in [7, 11) is 0. The van der Waals surface area contributed by atoms with Crippen LogP contribution >= 0.6 is 0 Å². The van der Waals surface area contributed by atoms with Crippen LogP contribution in [0.15, 0.2) is 36.4 Å². The van der Waals surface area contributed by atoms with Gasteiger partial charge in [-0.2, -0.15) is 0 Å². The van der Waals surface area contributed by atoms with E-state index in [9.17, 15) is 0 Å². The lowest BCUT2D eigenvalue weighted by atomic mass is 9.78. The third-order valence-electron chi connectivity index (χ3n) is 4.74. The number of benzene rings is 2. The maximum absolute atomic E-state index is 2.43. The summed E-state index contributed by atoms with van der Waals surface area (Å²) < 4.78 is 0. The average Bonchev–Trinajstić information content (AvgIpc) is 2.57. The highest BCUT2D eigenvalue weighted by atomic mass is 14.4. The Kier molecular flexibility index (Phi) is 2.67. The lowest BCUT2D eigenvalue weighted by molar-refractivity contribution is 0.584. The second-order valence-electron chi connectivity index (χ2n) is 7.63. The van der Waals surface area contributed by atoms with E-state index in [4.69, 9.17) is 0 Å². The van der Waals surface area contributed by atoms with Crippen molar-refractivity contribution < 1.29 is 0 Å². The van der Waals surface area contributed by atoms with Gasteiger partial charge >= 0.3 is 0 Å². The molecule has 0 saturated heterocycles. The Morgan fingerprint density at radius 2 is 1.50 bits per heavy atom. The molecule has 3 rings (SSSR count). The number of hydrogen-bond acceptors (Lipinski definition) is 0. The summed E-state index contributed by atoms with van der Waals surface area (Å²) in [6.07, 6.45) is 0. The number of fused-ring (bicyclic) bond motifs is 3. The molecule has 0 aromatic heterocycles. The average molecular weight is 264 g/mol. The number of hydrogen-bond donors (Lipinski definition) is 0. The van der Waals surface area contributed by atoms with Crippen molar-refractivity contribution in [2.75, 3.05) is 0 Å². The van der Waals surface area contributed by atoms with E-state index in [1.807, 2.05) is 0 Å². The van der Waals surface area contributed by atoms with Crippen LogP contribution in [0.1, 0.15) is 56.9 Å². The molecule has 0 saturated carbocycles. The molecule has 0 heterocycles. The molecular formula is C20H24. The first-order valence-corrected chi connectivity index (χ1v) is 7.48. The van der Waals surface area contributed by atoms with Crippen molar-refractivity contribution in [1.82, 2.24) is 0 Å². The highest BCUT2D eigenvalue weighted by molar-refractivity contribution is 5.81. The topological polar surface area (TPSA) is 0 Å². The van der Waals surface area contributed by atoms with Crippen molar-refractivity contribution in [3.63, 3.8) is 0 Å². The van der Waals surface area contributed by atoms with Gasteiger partial charge in [-0.25, -0.2) is 0 Å². The van der Waals surface area contributed by atoms with E-state index in [1.165, 1.54) is 33.4 Å². The molecule has 0 amide bonds. The minimum atomic E-state index is 0.118. The molecule has 2 aromatic carbocycles. The van der Waals surface area contributed by atoms with E-state index in [-0.39, 0.29) is 10.8 Å². The van der Waals surface area contributed by atoms with Crippen LogP contribution in [-0.4, -0.2) is 0 Å². The smallest absolute Gasteiger partial charge is 0.0158 e. The SMILES string of the molecule is Cc1cc2c(cc1C(C)(C)C)-c1ccccc1C2(C)C. The van der Waals surface area contributed by atoms with Crippen molar-refractivity contribution >= 4 is 0 Å². The summed E-state index contributed by atoms with van der Waals surface area (Å²) in [6.45, 7) is 13.8. The summed E-state index contributed by atoms with van der Waals surface area (Å²) in [5.74, 6) is 0. The monoisotopic (exact) mass is 264 g/mol. The fourth-order valence-electron chi connectivity index (χ4n) is 3.66. The van der Waals surface area contributed by atoms with Crippen molar-refractivity contribution in [2.45, 2.75) is 52.4 Å². The summed E-state index contributed by atoms with van der Waals surface area (Å²) in [6, 6.07) is 13.7. The maximum atomic E-state index is 2.43. The van der Waals surface area contributed by atoms with Crippen molar-refractivity contribution in [2.24, 2.45) is 0 Å². The molecule has 0 atom stereocenters. The van der Waals surface area contributed by atoms with Gasteiger partial charge in [0.1, 0.15) is 0 Å². The zero-order valence-corrected chi connectivity index (χ0v) is 13.5. The Balaban J connectivity index is 2.35. The van der Waals surface area contributed by atoms with Gasteiger partial charge < -0.3 is 0 Å². The van der Waals surface area contributed by atoms with Gasteiger partial charge in [0, 0.05) is 5.41 Å². The molecule has 1 aliphatic rings. The van der Waals surface area contributed by atoms with Crippen LogP contribution in [0.4, 0.5) is 0 Å². The second-order valence-corrected chi connectivity index (χ2v) is 7.63. The van der Waals surface area contributed by atoms with Crippen LogP contribution < -0.4 is 0 Å². The highest BCUT2D eigenvalue weighted by Crippen LogP contribution is 2.50. The molecule has 0 aliphatic heterocycles. The van der Waals surface area contributed by atoms with E-state index >= 15 is 0 Å². The second kappa shape index (κ2) is 3.97. The first kappa shape index (κ1) is 13.4. The van der Waals surface area contributed by atoms with Gasteiger partial charge in [0.2, 0.25) is 0 Å². The summed E-state index contributed by atoms with van der Waals surface area (Å²) in [4.78, 5) is 0. The number of aryl methyl sites for hydroxylation is 1. The summed E-state index contributed by atoms with van der Waals surface area (Å²) >= 11 is 0. The molecule has 0 radical (unpaired) electrons. The summed E-state index contributed by atoms with van der Waals surface area (Å²) in [5.41, 5.74) is 8.97.